The van der Waals surface area contributed by atoms with Crippen LogP contribution in [0.1, 0.15) is 33.6 Å². The number of hydrogen-bond donors (Lipinski definition) is 0. The highest BCUT2D eigenvalue weighted by atomic mass is 35.5. The van der Waals surface area contributed by atoms with E-state index in [1.54, 1.807) is 48.5 Å². The maximum atomic E-state index is 12.0. The standard InChI is InChI=1S/C16H12BClO2/c17-12-7-5-11(6-8-12)15(19)9-10-16(20)13-3-1-2-4-14(13)18/h1-8H,9-10H2. The maximum absolute atomic E-state index is 12.0. The second-order valence-corrected chi connectivity index (χ2v) is 4.86. The second kappa shape index (κ2) is 6.53. The van der Waals surface area contributed by atoms with Crippen molar-refractivity contribution in [3.63, 3.8) is 0 Å². The fourth-order valence-electron chi connectivity index (χ4n) is 1.86. The molecule has 0 aliphatic carbocycles. The van der Waals surface area contributed by atoms with Crippen molar-refractivity contribution in [2.45, 2.75) is 12.8 Å². The molecule has 0 aliphatic rings. The van der Waals surface area contributed by atoms with Gasteiger partial charge in [0, 0.05) is 24.0 Å². The number of benzene rings is 2. The molecule has 4 heteroatoms. The molecule has 2 aromatic rings. The van der Waals surface area contributed by atoms with Crippen LogP contribution < -0.4 is 5.46 Å². The maximum Gasteiger partial charge on any atom is 0.164 e. The lowest BCUT2D eigenvalue weighted by Crippen LogP contribution is -2.07. The number of carbonyl (C=O) groups is 2. The number of halogens is 1. The van der Waals surface area contributed by atoms with Crippen molar-refractivity contribution in [3.8, 4) is 0 Å². The Morgan fingerprint density at radius 1 is 0.900 bits per heavy atom. The van der Waals surface area contributed by atoms with Crippen molar-refractivity contribution < 1.29 is 9.59 Å². The zero-order valence-electron chi connectivity index (χ0n) is 10.8. The molecule has 2 aromatic carbocycles. The lowest BCUT2D eigenvalue weighted by molar-refractivity contribution is 0.0917. The molecule has 0 atom stereocenters. The molecule has 0 spiro atoms. The van der Waals surface area contributed by atoms with E-state index in [4.69, 9.17) is 19.4 Å². The van der Waals surface area contributed by atoms with Crippen molar-refractivity contribution in [3.05, 3.63) is 64.7 Å². The van der Waals surface area contributed by atoms with Gasteiger partial charge in [0.2, 0.25) is 0 Å². The van der Waals surface area contributed by atoms with Crippen LogP contribution in [0.25, 0.3) is 0 Å². The summed E-state index contributed by atoms with van der Waals surface area (Å²) in [6.07, 6.45) is 0.306. The molecule has 0 fully saturated rings. The second-order valence-electron chi connectivity index (χ2n) is 4.45. The van der Waals surface area contributed by atoms with E-state index < -0.39 is 0 Å². The van der Waals surface area contributed by atoms with E-state index >= 15 is 0 Å². The van der Waals surface area contributed by atoms with E-state index in [2.05, 4.69) is 0 Å². The summed E-state index contributed by atoms with van der Waals surface area (Å²) in [6.45, 7) is 0. The van der Waals surface area contributed by atoms with Gasteiger partial charge in [0.15, 0.2) is 11.6 Å². The normalized spacial score (nSPS) is 10.2. The predicted octanol–water partition coefficient (Wildman–Crippen LogP) is 2.98. The third-order valence-electron chi connectivity index (χ3n) is 2.99. The lowest BCUT2D eigenvalue weighted by atomic mass is 9.93. The highest BCUT2D eigenvalue weighted by molar-refractivity contribution is 6.34. The summed E-state index contributed by atoms with van der Waals surface area (Å²) >= 11 is 5.95. The first-order valence-corrected chi connectivity index (χ1v) is 6.62. The molecular weight excluding hydrogens is 270 g/mol. The number of rotatable bonds is 5. The van der Waals surface area contributed by atoms with E-state index in [-0.39, 0.29) is 24.4 Å². The van der Waals surface area contributed by atoms with Crippen LogP contribution >= 0.6 is 11.6 Å². The number of Topliss-reactive ketones (excluding diaryl/α,β-unsaturated/α-hetero) is 2. The predicted molar refractivity (Wildman–Crippen MR) is 81.2 cm³/mol. The van der Waals surface area contributed by atoms with Gasteiger partial charge < -0.3 is 0 Å². The van der Waals surface area contributed by atoms with E-state index in [0.717, 1.165) is 0 Å². The van der Waals surface area contributed by atoms with Crippen molar-refractivity contribution >= 4 is 36.5 Å². The molecule has 0 aliphatic heterocycles. The van der Waals surface area contributed by atoms with Gasteiger partial charge in [-0.3, -0.25) is 9.59 Å². The first-order chi connectivity index (χ1) is 9.58. The minimum Gasteiger partial charge on any atom is -0.294 e. The van der Waals surface area contributed by atoms with Gasteiger partial charge in [0.1, 0.15) is 7.85 Å². The Bertz CT molecular complexity index is 635. The van der Waals surface area contributed by atoms with E-state index in [1.807, 2.05) is 0 Å². The van der Waals surface area contributed by atoms with Crippen LogP contribution in [0.4, 0.5) is 0 Å². The molecule has 0 N–H and O–H groups in total. The van der Waals surface area contributed by atoms with Gasteiger partial charge in [0.25, 0.3) is 0 Å². The van der Waals surface area contributed by atoms with Crippen LogP contribution in [0.3, 0.4) is 0 Å². The highest BCUT2D eigenvalue weighted by Gasteiger charge is 2.13. The van der Waals surface area contributed by atoms with Crippen LogP contribution in [-0.4, -0.2) is 19.4 Å². The summed E-state index contributed by atoms with van der Waals surface area (Å²) in [6, 6.07) is 13.5. The van der Waals surface area contributed by atoms with Crippen LogP contribution in [-0.2, 0) is 0 Å². The van der Waals surface area contributed by atoms with E-state index in [0.29, 0.717) is 21.6 Å². The van der Waals surface area contributed by atoms with Gasteiger partial charge in [-0.15, -0.1) is 0 Å². The fraction of sp³-hybridized carbons (Fsp3) is 0.125. The highest BCUT2D eigenvalue weighted by Crippen LogP contribution is 2.18. The smallest absolute Gasteiger partial charge is 0.164 e. The fourth-order valence-corrected chi connectivity index (χ4v) is 2.10. The number of carbonyl (C=O) groups excluding carboxylic acids is 2. The number of hydrogen-bond acceptors (Lipinski definition) is 2. The molecule has 0 amide bonds. The van der Waals surface area contributed by atoms with Gasteiger partial charge in [0.05, 0.1) is 5.02 Å². The molecule has 0 unspecified atom stereocenters. The molecular formula is C16H12BClO2. The lowest BCUT2D eigenvalue weighted by Gasteiger charge is -2.04. The molecule has 2 rings (SSSR count). The third-order valence-corrected chi connectivity index (χ3v) is 3.32. The molecule has 2 radical (unpaired) electrons. The van der Waals surface area contributed by atoms with Crippen molar-refractivity contribution in [2.24, 2.45) is 0 Å². The van der Waals surface area contributed by atoms with Gasteiger partial charge in [-0.25, -0.2) is 0 Å². The summed E-state index contributed by atoms with van der Waals surface area (Å²) < 4.78 is 0. The molecule has 0 aromatic heterocycles. The van der Waals surface area contributed by atoms with Crippen molar-refractivity contribution in [2.75, 3.05) is 0 Å². The first-order valence-electron chi connectivity index (χ1n) is 6.24. The molecule has 98 valence electrons. The Balaban J connectivity index is 1.99. The molecule has 0 heterocycles. The largest absolute Gasteiger partial charge is 0.294 e. The molecule has 0 bridgehead atoms. The quantitative estimate of drug-likeness (QED) is 0.624. The Kier molecular flexibility index (Phi) is 4.75. The van der Waals surface area contributed by atoms with Crippen LogP contribution in [0.5, 0.6) is 0 Å². The Morgan fingerprint density at radius 2 is 1.50 bits per heavy atom. The number of ketones is 2. The van der Waals surface area contributed by atoms with Crippen LogP contribution in [0.2, 0.25) is 5.02 Å². The minimum absolute atomic E-state index is 0.0783. The topological polar surface area (TPSA) is 34.1 Å². The zero-order valence-corrected chi connectivity index (χ0v) is 11.6. The van der Waals surface area contributed by atoms with Crippen molar-refractivity contribution in [1.82, 2.24) is 0 Å². The van der Waals surface area contributed by atoms with Crippen molar-refractivity contribution in [1.29, 1.82) is 0 Å². The Hall–Kier alpha value is -1.87. The monoisotopic (exact) mass is 282 g/mol. The summed E-state index contributed by atoms with van der Waals surface area (Å²) in [7, 11) is 5.56. The average molecular weight is 283 g/mol. The summed E-state index contributed by atoms with van der Waals surface area (Å²) in [4.78, 5) is 23.9. The van der Waals surface area contributed by atoms with E-state index in [9.17, 15) is 9.59 Å². The van der Waals surface area contributed by atoms with Gasteiger partial charge >= 0.3 is 0 Å². The van der Waals surface area contributed by atoms with Gasteiger partial charge in [-0.2, -0.15) is 0 Å². The van der Waals surface area contributed by atoms with Crippen LogP contribution in [0, 0.1) is 0 Å². The third kappa shape index (κ3) is 3.58. The molecule has 0 saturated carbocycles. The van der Waals surface area contributed by atoms with Crippen LogP contribution in [0.15, 0.2) is 48.5 Å². The first kappa shape index (κ1) is 14.5. The minimum atomic E-state index is -0.126. The summed E-state index contributed by atoms with van der Waals surface area (Å²) in [5.41, 5.74) is 1.62. The summed E-state index contributed by atoms with van der Waals surface area (Å²) in [5, 5.41) is 0.414. The Labute approximate surface area is 124 Å². The molecule has 0 saturated heterocycles. The molecule has 2 nitrogen and oxygen atoms in total. The van der Waals surface area contributed by atoms with Gasteiger partial charge in [-0.1, -0.05) is 53.5 Å². The SMILES string of the molecule is [B]c1ccc(C(=O)CCC(=O)c2ccccc2Cl)cc1. The summed E-state index contributed by atoms with van der Waals surface area (Å²) in [5.74, 6) is -0.204. The van der Waals surface area contributed by atoms with Gasteiger partial charge in [-0.05, 0) is 12.1 Å². The van der Waals surface area contributed by atoms with E-state index in [1.165, 1.54) is 0 Å². The average Bonchev–Trinajstić information content (AvgIpc) is 2.45. The Morgan fingerprint density at radius 3 is 2.15 bits per heavy atom. The molecule has 20 heavy (non-hydrogen) atoms. The zero-order chi connectivity index (χ0) is 14.5.